The minimum atomic E-state index is 0.475. The van der Waals surface area contributed by atoms with Gasteiger partial charge < -0.3 is 25.0 Å². The summed E-state index contributed by atoms with van der Waals surface area (Å²) in [5, 5.41) is 6.20. The van der Waals surface area contributed by atoms with Gasteiger partial charge in [-0.2, -0.15) is 4.98 Å². The van der Waals surface area contributed by atoms with Gasteiger partial charge in [-0.05, 0) is 26.9 Å². The molecule has 1 atom stereocenters. The Bertz CT molecular complexity index is 754. The van der Waals surface area contributed by atoms with Gasteiger partial charge in [0.25, 0.3) is 5.88 Å². The van der Waals surface area contributed by atoms with Gasteiger partial charge in [0.1, 0.15) is 5.82 Å². The zero-order chi connectivity index (χ0) is 18.5. The van der Waals surface area contributed by atoms with Crippen molar-refractivity contribution in [1.82, 2.24) is 19.9 Å². The zero-order valence-corrected chi connectivity index (χ0v) is 15.7. The number of likely N-dealkylation sites (tertiary alicyclic amines) is 1. The maximum atomic E-state index is 6.00. The summed E-state index contributed by atoms with van der Waals surface area (Å²) >= 11 is 0. The second-order valence-corrected chi connectivity index (χ2v) is 6.55. The number of hydrogen-bond donors (Lipinski definition) is 2. The minimum Gasteiger partial charge on any atom is -0.488 e. The van der Waals surface area contributed by atoms with Crippen molar-refractivity contribution in [2.75, 3.05) is 51.5 Å². The van der Waals surface area contributed by atoms with Gasteiger partial charge in [-0.25, -0.2) is 9.97 Å². The van der Waals surface area contributed by atoms with Crippen molar-refractivity contribution in [1.29, 1.82) is 0 Å². The molecule has 1 aliphatic heterocycles. The van der Waals surface area contributed by atoms with E-state index in [2.05, 4.69) is 37.5 Å². The largest absolute Gasteiger partial charge is 0.488 e. The van der Waals surface area contributed by atoms with Gasteiger partial charge in [0, 0.05) is 37.3 Å². The number of rotatable bonds is 7. The van der Waals surface area contributed by atoms with Gasteiger partial charge in [0.2, 0.25) is 5.95 Å². The van der Waals surface area contributed by atoms with E-state index in [9.17, 15) is 0 Å². The third-order valence-corrected chi connectivity index (χ3v) is 4.34. The summed E-state index contributed by atoms with van der Waals surface area (Å²) < 4.78 is 11.3. The van der Waals surface area contributed by atoms with Crippen molar-refractivity contribution in [3.63, 3.8) is 0 Å². The molecule has 1 aliphatic rings. The molecule has 0 bridgehead atoms. The average Bonchev–Trinajstić information content (AvgIpc) is 3.05. The smallest absolute Gasteiger partial charge is 0.256 e. The van der Waals surface area contributed by atoms with Crippen LogP contribution in [0.3, 0.4) is 0 Å². The summed E-state index contributed by atoms with van der Waals surface area (Å²) in [4.78, 5) is 15.4. The molecule has 8 nitrogen and oxygen atoms in total. The second-order valence-electron chi connectivity index (χ2n) is 6.55. The molecular weight excluding hydrogens is 332 g/mol. The highest BCUT2D eigenvalue weighted by Crippen LogP contribution is 2.29. The van der Waals surface area contributed by atoms with E-state index >= 15 is 0 Å². The molecular formula is C18H26N6O2. The topological polar surface area (TPSA) is 84.4 Å². The van der Waals surface area contributed by atoms with E-state index in [0.29, 0.717) is 30.1 Å². The fourth-order valence-corrected chi connectivity index (χ4v) is 3.01. The van der Waals surface area contributed by atoms with Crippen LogP contribution < -0.4 is 20.1 Å². The van der Waals surface area contributed by atoms with Crippen molar-refractivity contribution < 1.29 is 9.47 Å². The molecule has 0 aromatic carbocycles. The Morgan fingerprint density at radius 2 is 2.15 bits per heavy atom. The lowest BCUT2D eigenvalue weighted by Gasteiger charge is -2.15. The van der Waals surface area contributed by atoms with Gasteiger partial charge in [-0.1, -0.05) is 0 Å². The molecule has 0 aliphatic carbocycles. The number of anilines is 3. The summed E-state index contributed by atoms with van der Waals surface area (Å²) in [5.74, 6) is 2.88. The number of aromatic nitrogens is 3. The first-order chi connectivity index (χ1) is 12.6. The molecule has 0 unspecified atom stereocenters. The Kier molecular flexibility index (Phi) is 5.72. The van der Waals surface area contributed by atoms with E-state index in [-0.39, 0.29) is 0 Å². The van der Waals surface area contributed by atoms with Crippen LogP contribution in [-0.4, -0.2) is 60.8 Å². The molecule has 8 heteroatoms. The molecule has 0 spiro atoms. The first kappa shape index (κ1) is 18.2. The molecule has 140 valence electrons. The van der Waals surface area contributed by atoms with E-state index in [4.69, 9.17) is 9.47 Å². The van der Waals surface area contributed by atoms with Crippen LogP contribution in [0, 0.1) is 12.8 Å². The first-order valence-electron chi connectivity index (χ1n) is 8.73. The van der Waals surface area contributed by atoms with Gasteiger partial charge in [0.05, 0.1) is 25.6 Å². The van der Waals surface area contributed by atoms with Gasteiger partial charge in [-0.3, -0.25) is 0 Å². The van der Waals surface area contributed by atoms with Gasteiger partial charge in [0.15, 0.2) is 5.75 Å². The molecule has 3 rings (SSSR count). The highest BCUT2D eigenvalue weighted by molar-refractivity contribution is 5.58. The van der Waals surface area contributed by atoms with Crippen molar-refractivity contribution in [2.45, 2.75) is 13.3 Å². The predicted octanol–water partition coefficient (Wildman–Crippen LogP) is 2.30. The maximum absolute atomic E-state index is 6.00. The molecule has 1 saturated heterocycles. The van der Waals surface area contributed by atoms with Crippen LogP contribution in [0.1, 0.15) is 12.1 Å². The normalized spacial score (nSPS) is 17.2. The van der Waals surface area contributed by atoms with Crippen molar-refractivity contribution in [3.8, 4) is 11.6 Å². The van der Waals surface area contributed by atoms with Crippen LogP contribution in [0.15, 0.2) is 18.3 Å². The Hall–Kier alpha value is -2.61. The van der Waals surface area contributed by atoms with E-state index in [1.165, 1.54) is 0 Å². The SMILES string of the molecule is CNc1cc(C)nc(Nc2cnc(OC)c(OC[C@H]3CCN(C)C3)c2)n1. The van der Waals surface area contributed by atoms with Crippen LogP contribution in [0.2, 0.25) is 0 Å². The summed E-state index contributed by atoms with van der Waals surface area (Å²) in [6.45, 7) is 4.74. The molecule has 3 heterocycles. The summed E-state index contributed by atoms with van der Waals surface area (Å²) in [7, 11) is 5.55. The van der Waals surface area contributed by atoms with Crippen molar-refractivity contribution in [2.24, 2.45) is 5.92 Å². The Labute approximate surface area is 154 Å². The van der Waals surface area contributed by atoms with Gasteiger partial charge in [-0.15, -0.1) is 0 Å². The molecule has 2 aromatic heterocycles. The lowest BCUT2D eigenvalue weighted by atomic mass is 10.1. The van der Waals surface area contributed by atoms with Crippen molar-refractivity contribution >= 4 is 17.5 Å². The monoisotopic (exact) mass is 358 g/mol. The number of pyridine rings is 1. The maximum Gasteiger partial charge on any atom is 0.256 e. The number of aryl methyl sites for hydroxylation is 1. The molecule has 0 radical (unpaired) electrons. The van der Waals surface area contributed by atoms with E-state index in [1.54, 1.807) is 13.3 Å². The summed E-state index contributed by atoms with van der Waals surface area (Å²) in [5.41, 5.74) is 1.62. The van der Waals surface area contributed by atoms with Crippen LogP contribution in [0.4, 0.5) is 17.5 Å². The third-order valence-electron chi connectivity index (χ3n) is 4.34. The van der Waals surface area contributed by atoms with Crippen LogP contribution in [0.25, 0.3) is 0 Å². The molecule has 2 N–H and O–H groups in total. The molecule has 2 aromatic rings. The lowest BCUT2D eigenvalue weighted by molar-refractivity contribution is 0.236. The van der Waals surface area contributed by atoms with Crippen molar-refractivity contribution in [3.05, 3.63) is 24.0 Å². The first-order valence-corrected chi connectivity index (χ1v) is 8.73. The molecule has 1 fully saturated rings. The molecule has 26 heavy (non-hydrogen) atoms. The average molecular weight is 358 g/mol. The zero-order valence-electron chi connectivity index (χ0n) is 15.7. The Balaban J connectivity index is 1.73. The number of ether oxygens (including phenoxy) is 2. The Morgan fingerprint density at radius 3 is 2.85 bits per heavy atom. The lowest BCUT2D eigenvalue weighted by Crippen LogP contribution is -2.18. The predicted molar refractivity (Wildman–Crippen MR) is 101 cm³/mol. The number of nitrogens with zero attached hydrogens (tertiary/aromatic N) is 4. The van der Waals surface area contributed by atoms with Gasteiger partial charge >= 0.3 is 0 Å². The van der Waals surface area contributed by atoms with Crippen LogP contribution in [0.5, 0.6) is 11.6 Å². The second kappa shape index (κ2) is 8.18. The number of methoxy groups -OCH3 is 1. The molecule has 0 saturated carbocycles. The quantitative estimate of drug-likeness (QED) is 0.780. The summed E-state index contributed by atoms with van der Waals surface area (Å²) in [6.07, 6.45) is 2.83. The minimum absolute atomic E-state index is 0.475. The van der Waals surface area contributed by atoms with E-state index in [1.807, 2.05) is 26.1 Å². The van der Waals surface area contributed by atoms with Crippen LogP contribution >= 0.6 is 0 Å². The third kappa shape index (κ3) is 4.51. The van der Waals surface area contributed by atoms with E-state index < -0.39 is 0 Å². The standard InChI is InChI=1S/C18H26N6O2/c1-12-7-16(19-2)23-18(21-12)22-14-8-15(17(25-4)20-9-14)26-11-13-5-6-24(3)10-13/h7-9,13H,5-6,10-11H2,1-4H3,(H2,19,21,22,23)/t13-/m0/s1. The molecule has 0 amide bonds. The highest BCUT2D eigenvalue weighted by atomic mass is 16.5. The van der Waals surface area contributed by atoms with E-state index in [0.717, 1.165) is 36.7 Å². The van der Waals surface area contributed by atoms with Crippen LogP contribution in [-0.2, 0) is 0 Å². The fourth-order valence-electron chi connectivity index (χ4n) is 3.01. The highest BCUT2D eigenvalue weighted by Gasteiger charge is 2.21. The Morgan fingerprint density at radius 1 is 1.31 bits per heavy atom. The number of nitrogens with one attached hydrogen (secondary N) is 2. The summed E-state index contributed by atoms with van der Waals surface area (Å²) in [6, 6.07) is 3.75. The fraction of sp³-hybridized carbons (Fsp3) is 0.500. The number of hydrogen-bond acceptors (Lipinski definition) is 8.